The lowest BCUT2D eigenvalue weighted by Crippen LogP contribution is -2.33. The Morgan fingerprint density at radius 1 is 0.906 bits per heavy atom. The van der Waals surface area contributed by atoms with Crippen LogP contribution >= 0.6 is 22.9 Å². The number of halogens is 2. The minimum Gasteiger partial charge on any atom is -0.451 e. The Bertz CT molecular complexity index is 1200. The number of thiophene rings is 1. The van der Waals surface area contributed by atoms with Crippen LogP contribution < -0.4 is 0 Å². The van der Waals surface area contributed by atoms with E-state index < -0.39 is 18.4 Å². The van der Waals surface area contributed by atoms with Crippen LogP contribution in [0.2, 0.25) is 5.02 Å². The second-order valence-electron chi connectivity index (χ2n) is 7.18. The van der Waals surface area contributed by atoms with E-state index in [4.69, 9.17) is 16.3 Å². The van der Waals surface area contributed by atoms with Gasteiger partial charge in [-0.3, -0.25) is 4.79 Å². The molecule has 0 fully saturated rings. The van der Waals surface area contributed by atoms with Crippen LogP contribution in [0.3, 0.4) is 0 Å². The molecule has 32 heavy (non-hydrogen) atoms. The first-order valence-electron chi connectivity index (χ1n) is 9.91. The lowest BCUT2D eigenvalue weighted by atomic mass is 10.1. The summed E-state index contributed by atoms with van der Waals surface area (Å²) in [6, 6.07) is 23.3. The van der Waals surface area contributed by atoms with Crippen LogP contribution in [0.1, 0.15) is 20.8 Å². The van der Waals surface area contributed by atoms with Crippen LogP contribution in [0.4, 0.5) is 4.39 Å². The molecule has 162 valence electrons. The molecule has 0 bridgehead atoms. The van der Waals surface area contributed by atoms with E-state index in [1.165, 1.54) is 18.2 Å². The van der Waals surface area contributed by atoms with Gasteiger partial charge in [0.1, 0.15) is 10.7 Å². The van der Waals surface area contributed by atoms with Gasteiger partial charge in [0.2, 0.25) is 0 Å². The highest BCUT2D eigenvalue weighted by Crippen LogP contribution is 2.36. The number of fused-ring (bicyclic) bond motifs is 1. The Morgan fingerprint density at radius 3 is 2.09 bits per heavy atom. The number of amides is 1. The van der Waals surface area contributed by atoms with Crippen LogP contribution in [-0.4, -0.2) is 23.4 Å². The molecule has 7 heteroatoms. The van der Waals surface area contributed by atoms with Gasteiger partial charge < -0.3 is 9.64 Å². The van der Waals surface area contributed by atoms with Gasteiger partial charge in [-0.1, -0.05) is 72.3 Å². The third-order valence-electron chi connectivity index (χ3n) is 4.89. The lowest BCUT2D eigenvalue weighted by molar-refractivity contribution is -0.135. The molecular formula is C25H19ClFNO3S. The second-order valence-corrected chi connectivity index (χ2v) is 8.61. The zero-order valence-corrected chi connectivity index (χ0v) is 18.5. The molecule has 0 saturated heterocycles. The summed E-state index contributed by atoms with van der Waals surface area (Å²) in [5, 5.41) is 0.777. The van der Waals surface area contributed by atoms with E-state index in [-0.39, 0.29) is 15.8 Å². The zero-order chi connectivity index (χ0) is 22.5. The van der Waals surface area contributed by atoms with Gasteiger partial charge in [-0.25, -0.2) is 9.18 Å². The molecule has 0 radical (unpaired) electrons. The Morgan fingerprint density at radius 2 is 1.50 bits per heavy atom. The van der Waals surface area contributed by atoms with Crippen molar-refractivity contribution in [3.8, 4) is 0 Å². The first-order valence-corrected chi connectivity index (χ1v) is 11.1. The standard InChI is InChI=1S/C25H19ClFNO3S/c26-23-20-12-11-19(27)13-21(20)32-24(23)25(30)31-16-22(29)28(14-17-7-3-1-4-8-17)15-18-9-5-2-6-10-18/h1-13H,14-16H2. The fraction of sp³-hybridized carbons (Fsp3) is 0.120. The number of esters is 1. The quantitative estimate of drug-likeness (QED) is 0.309. The summed E-state index contributed by atoms with van der Waals surface area (Å²) < 4.78 is 19.3. The first kappa shape index (κ1) is 22.0. The predicted molar refractivity (Wildman–Crippen MR) is 124 cm³/mol. The summed E-state index contributed by atoms with van der Waals surface area (Å²) in [6.07, 6.45) is 0. The zero-order valence-electron chi connectivity index (χ0n) is 17.0. The molecule has 0 unspecified atom stereocenters. The summed E-state index contributed by atoms with van der Waals surface area (Å²) in [7, 11) is 0. The van der Waals surface area contributed by atoms with Crippen molar-refractivity contribution in [1.82, 2.24) is 4.90 Å². The van der Waals surface area contributed by atoms with Crippen molar-refractivity contribution < 1.29 is 18.7 Å². The van der Waals surface area contributed by atoms with E-state index in [1.54, 1.807) is 4.90 Å². The molecule has 0 aliphatic rings. The van der Waals surface area contributed by atoms with Crippen LogP contribution in [-0.2, 0) is 22.6 Å². The largest absolute Gasteiger partial charge is 0.451 e. The number of nitrogens with zero attached hydrogens (tertiary/aromatic N) is 1. The molecular weight excluding hydrogens is 449 g/mol. The minimum absolute atomic E-state index is 0.151. The smallest absolute Gasteiger partial charge is 0.350 e. The van der Waals surface area contributed by atoms with E-state index in [9.17, 15) is 14.0 Å². The molecule has 0 aliphatic carbocycles. The summed E-state index contributed by atoms with van der Waals surface area (Å²) in [4.78, 5) is 27.4. The maximum absolute atomic E-state index is 13.5. The van der Waals surface area contributed by atoms with Gasteiger partial charge in [-0.05, 0) is 29.3 Å². The molecule has 1 heterocycles. The number of rotatable bonds is 7. The molecule has 4 aromatic rings. The second kappa shape index (κ2) is 9.94. The molecule has 0 spiro atoms. The third-order valence-corrected chi connectivity index (χ3v) is 6.53. The van der Waals surface area contributed by atoms with Gasteiger partial charge in [-0.15, -0.1) is 11.3 Å². The third kappa shape index (κ3) is 5.15. The fourth-order valence-electron chi connectivity index (χ4n) is 3.29. The number of hydrogen-bond donors (Lipinski definition) is 0. The number of ether oxygens (including phenoxy) is 1. The average molecular weight is 468 g/mol. The molecule has 0 saturated carbocycles. The van der Waals surface area contributed by atoms with E-state index in [1.807, 2.05) is 60.7 Å². The molecule has 1 aromatic heterocycles. The summed E-state index contributed by atoms with van der Waals surface area (Å²) >= 11 is 7.33. The fourth-order valence-corrected chi connectivity index (χ4v) is 4.72. The van der Waals surface area contributed by atoms with Crippen molar-refractivity contribution in [2.75, 3.05) is 6.61 Å². The topological polar surface area (TPSA) is 46.6 Å². The monoisotopic (exact) mass is 467 g/mol. The minimum atomic E-state index is -0.704. The molecule has 4 nitrogen and oxygen atoms in total. The van der Waals surface area contributed by atoms with Crippen LogP contribution in [0.5, 0.6) is 0 Å². The van der Waals surface area contributed by atoms with Gasteiger partial charge in [0.15, 0.2) is 6.61 Å². The van der Waals surface area contributed by atoms with Gasteiger partial charge in [0, 0.05) is 23.2 Å². The number of carbonyl (C=O) groups is 2. The molecule has 0 atom stereocenters. The number of hydrogen-bond acceptors (Lipinski definition) is 4. The van der Waals surface area contributed by atoms with Crippen molar-refractivity contribution in [1.29, 1.82) is 0 Å². The van der Waals surface area contributed by atoms with E-state index >= 15 is 0 Å². The Balaban J connectivity index is 1.47. The normalized spacial score (nSPS) is 10.8. The first-order chi connectivity index (χ1) is 15.5. The van der Waals surface area contributed by atoms with Crippen molar-refractivity contribution in [3.05, 3.63) is 106 Å². The van der Waals surface area contributed by atoms with Crippen LogP contribution in [0.25, 0.3) is 10.1 Å². The predicted octanol–water partition coefficient (Wildman–Crippen LogP) is 6.08. The van der Waals surface area contributed by atoms with Gasteiger partial charge in [-0.2, -0.15) is 0 Å². The number of benzene rings is 3. The summed E-state index contributed by atoms with van der Waals surface area (Å²) in [6.45, 7) is 0.349. The van der Waals surface area contributed by atoms with E-state index in [2.05, 4.69) is 0 Å². The van der Waals surface area contributed by atoms with Crippen molar-refractivity contribution in [2.45, 2.75) is 13.1 Å². The molecule has 3 aromatic carbocycles. The molecule has 1 amide bonds. The molecule has 0 aliphatic heterocycles. The van der Waals surface area contributed by atoms with Crippen LogP contribution in [0, 0.1) is 5.82 Å². The van der Waals surface area contributed by atoms with E-state index in [0.29, 0.717) is 23.2 Å². The summed E-state index contributed by atoms with van der Waals surface area (Å²) in [5.74, 6) is -1.44. The van der Waals surface area contributed by atoms with Gasteiger partial charge >= 0.3 is 5.97 Å². The Hall–Kier alpha value is -3.22. The highest BCUT2D eigenvalue weighted by atomic mass is 35.5. The highest BCUT2D eigenvalue weighted by molar-refractivity contribution is 7.21. The SMILES string of the molecule is O=C(OCC(=O)N(Cc1ccccc1)Cc1ccccc1)c1sc2cc(F)ccc2c1Cl. The van der Waals surface area contributed by atoms with Crippen molar-refractivity contribution in [3.63, 3.8) is 0 Å². The van der Waals surface area contributed by atoms with E-state index in [0.717, 1.165) is 22.5 Å². The Kier molecular flexibility index (Phi) is 6.83. The van der Waals surface area contributed by atoms with Crippen LogP contribution in [0.15, 0.2) is 78.9 Å². The Labute approximate surface area is 193 Å². The molecule has 4 rings (SSSR count). The maximum Gasteiger partial charge on any atom is 0.350 e. The lowest BCUT2D eigenvalue weighted by Gasteiger charge is -2.23. The number of carbonyl (C=O) groups excluding carboxylic acids is 2. The van der Waals surface area contributed by atoms with Crippen molar-refractivity contribution >= 4 is 44.9 Å². The highest BCUT2D eigenvalue weighted by Gasteiger charge is 2.22. The molecule has 0 N–H and O–H groups in total. The van der Waals surface area contributed by atoms with Gasteiger partial charge in [0.25, 0.3) is 5.91 Å². The van der Waals surface area contributed by atoms with Gasteiger partial charge in [0.05, 0.1) is 5.02 Å². The average Bonchev–Trinajstić information content (AvgIpc) is 3.13. The summed E-state index contributed by atoms with van der Waals surface area (Å²) in [5.41, 5.74) is 1.94. The maximum atomic E-state index is 13.5. The van der Waals surface area contributed by atoms with Crippen molar-refractivity contribution in [2.24, 2.45) is 0 Å².